The second kappa shape index (κ2) is 2.70. The van der Waals surface area contributed by atoms with Crippen LogP contribution < -0.4 is 11.1 Å². The first-order valence-electron chi connectivity index (χ1n) is 2.13. The number of anilines is 1. The van der Waals surface area contributed by atoms with E-state index in [1.165, 1.54) is 11.5 Å². The Balaban J connectivity index is 2.58. The second-order valence-corrected chi connectivity index (χ2v) is 2.50. The zero-order valence-electron chi connectivity index (χ0n) is 4.37. The summed E-state index contributed by atoms with van der Waals surface area (Å²) in [6.07, 6.45) is 1.56. The molecule has 0 amide bonds. The molecule has 0 unspecified atom stereocenters. The highest BCUT2D eigenvalue weighted by molar-refractivity contribution is 7.80. The van der Waals surface area contributed by atoms with Gasteiger partial charge in [-0.3, -0.25) is 0 Å². The molecule has 48 valence electrons. The number of aromatic nitrogens is 2. The SMILES string of the molecule is NC(=S)Nc1cnns1. The summed E-state index contributed by atoms with van der Waals surface area (Å²) in [6.45, 7) is 0. The maximum absolute atomic E-state index is 5.16. The maximum atomic E-state index is 5.16. The number of hydrogen-bond acceptors (Lipinski definition) is 4. The first-order valence-corrected chi connectivity index (χ1v) is 3.31. The van der Waals surface area contributed by atoms with Crippen molar-refractivity contribution in [2.45, 2.75) is 0 Å². The van der Waals surface area contributed by atoms with Gasteiger partial charge in [0.05, 0.1) is 6.20 Å². The molecule has 9 heavy (non-hydrogen) atoms. The summed E-state index contributed by atoms with van der Waals surface area (Å²) < 4.78 is 3.59. The molecular weight excluding hydrogens is 156 g/mol. The third-order valence-electron chi connectivity index (χ3n) is 0.608. The molecule has 0 radical (unpaired) electrons. The number of nitrogens with one attached hydrogen (secondary N) is 1. The minimum atomic E-state index is 0.237. The fraction of sp³-hybridized carbons (Fsp3) is 0. The van der Waals surface area contributed by atoms with Gasteiger partial charge in [-0.1, -0.05) is 4.49 Å². The van der Waals surface area contributed by atoms with Crippen LogP contribution in [0.2, 0.25) is 0 Å². The van der Waals surface area contributed by atoms with Crippen LogP contribution in [0.15, 0.2) is 6.20 Å². The van der Waals surface area contributed by atoms with Crippen molar-refractivity contribution in [3.8, 4) is 0 Å². The molecule has 0 atom stereocenters. The Morgan fingerprint density at radius 1 is 1.89 bits per heavy atom. The molecule has 0 aromatic carbocycles. The Morgan fingerprint density at radius 3 is 3.11 bits per heavy atom. The monoisotopic (exact) mass is 160 g/mol. The summed E-state index contributed by atoms with van der Waals surface area (Å²) in [4.78, 5) is 0. The molecule has 1 heterocycles. The Labute approximate surface area is 61.2 Å². The highest BCUT2D eigenvalue weighted by atomic mass is 32.1. The van der Waals surface area contributed by atoms with Gasteiger partial charge in [0, 0.05) is 11.5 Å². The average molecular weight is 160 g/mol. The predicted octanol–water partition coefficient (Wildman–Crippen LogP) is 0.194. The van der Waals surface area contributed by atoms with Crippen molar-refractivity contribution in [3.05, 3.63) is 6.20 Å². The van der Waals surface area contributed by atoms with E-state index in [1.54, 1.807) is 6.20 Å². The summed E-state index contributed by atoms with van der Waals surface area (Å²) in [5.41, 5.74) is 5.16. The molecule has 3 N–H and O–H groups in total. The molecule has 0 aliphatic heterocycles. The summed E-state index contributed by atoms with van der Waals surface area (Å²) in [6, 6.07) is 0. The van der Waals surface area contributed by atoms with Crippen LogP contribution in [-0.4, -0.2) is 14.7 Å². The largest absolute Gasteiger partial charge is 0.376 e. The minimum absolute atomic E-state index is 0.237. The van der Waals surface area contributed by atoms with Crippen LogP contribution in [0.25, 0.3) is 0 Å². The highest BCUT2D eigenvalue weighted by Crippen LogP contribution is 2.07. The normalized spacial score (nSPS) is 8.89. The minimum Gasteiger partial charge on any atom is -0.376 e. The Morgan fingerprint density at radius 2 is 2.67 bits per heavy atom. The van der Waals surface area contributed by atoms with Gasteiger partial charge in [-0.2, -0.15) is 0 Å². The summed E-state index contributed by atoms with van der Waals surface area (Å²) in [5.74, 6) is 0. The standard InChI is InChI=1S/C3H4N4S2/c4-3(8)6-2-1-5-7-9-2/h1H,(H3,4,6,8). The summed E-state index contributed by atoms with van der Waals surface area (Å²) in [5, 5.41) is 7.26. The van der Waals surface area contributed by atoms with Crippen LogP contribution in [0.4, 0.5) is 5.00 Å². The van der Waals surface area contributed by atoms with E-state index in [0.29, 0.717) is 0 Å². The van der Waals surface area contributed by atoms with Gasteiger partial charge in [0.1, 0.15) is 5.00 Å². The van der Waals surface area contributed by atoms with Crippen molar-refractivity contribution in [3.63, 3.8) is 0 Å². The van der Waals surface area contributed by atoms with Crippen LogP contribution in [0, 0.1) is 0 Å². The molecule has 0 spiro atoms. The molecule has 1 aromatic rings. The van der Waals surface area contributed by atoms with E-state index in [4.69, 9.17) is 5.73 Å². The predicted molar refractivity (Wildman–Crippen MR) is 40.3 cm³/mol. The number of nitrogens with two attached hydrogens (primary N) is 1. The lowest BCUT2D eigenvalue weighted by Crippen LogP contribution is -2.17. The lowest BCUT2D eigenvalue weighted by atomic mass is 10.8. The molecule has 0 fully saturated rings. The molecule has 4 nitrogen and oxygen atoms in total. The van der Waals surface area contributed by atoms with E-state index >= 15 is 0 Å². The van der Waals surface area contributed by atoms with Crippen molar-refractivity contribution < 1.29 is 0 Å². The van der Waals surface area contributed by atoms with E-state index in [0.717, 1.165) is 5.00 Å². The fourth-order valence-electron chi connectivity index (χ4n) is 0.344. The van der Waals surface area contributed by atoms with Crippen molar-refractivity contribution in [1.29, 1.82) is 0 Å². The van der Waals surface area contributed by atoms with E-state index in [1.807, 2.05) is 0 Å². The van der Waals surface area contributed by atoms with Gasteiger partial charge in [-0.15, -0.1) is 5.10 Å². The zero-order valence-corrected chi connectivity index (χ0v) is 6.00. The topological polar surface area (TPSA) is 63.8 Å². The molecule has 1 aromatic heterocycles. The highest BCUT2D eigenvalue weighted by Gasteiger charge is 1.92. The van der Waals surface area contributed by atoms with E-state index in [9.17, 15) is 0 Å². The molecule has 0 aliphatic rings. The lowest BCUT2D eigenvalue weighted by Gasteiger charge is -1.93. The van der Waals surface area contributed by atoms with Gasteiger partial charge in [0.15, 0.2) is 5.11 Å². The third kappa shape index (κ3) is 1.90. The Hall–Kier alpha value is -0.750. The number of thiocarbonyl (C=S) groups is 1. The molecule has 0 bridgehead atoms. The van der Waals surface area contributed by atoms with Crippen LogP contribution in [-0.2, 0) is 0 Å². The quantitative estimate of drug-likeness (QED) is 0.574. The summed E-state index contributed by atoms with van der Waals surface area (Å²) in [7, 11) is 0. The smallest absolute Gasteiger partial charge is 0.168 e. The second-order valence-electron chi connectivity index (χ2n) is 1.27. The van der Waals surface area contributed by atoms with Gasteiger partial charge in [-0.25, -0.2) is 0 Å². The van der Waals surface area contributed by atoms with E-state index in [-0.39, 0.29) is 5.11 Å². The van der Waals surface area contributed by atoms with Gasteiger partial charge >= 0.3 is 0 Å². The molecule has 0 saturated carbocycles. The fourth-order valence-corrected chi connectivity index (χ4v) is 0.950. The van der Waals surface area contributed by atoms with Crippen LogP contribution in [0.3, 0.4) is 0 Å². The number of rotatable bonds is 1. The van der Waals surface area contributed by atoms with Crippen molar-refractivity contribution in [2.24, 2.45) is 5.73 Å². The van der Waals surface area contributed by atoms with Crippen molar-refractivity contribution >= 4 is 33.9 Å². The van der Waals surface area contributed by atoms with Gasteiger partial charge in [0.25, 0.3) is 0 Å². The Bertz CT molecular complexity index is 194. The first-order chi connectivity index (χ1) is 4.29. The summed E-state index contributed by atoms with van der Waals surface area (Å²) >= 11 is 5.77. The van der Waals surface area contributed by atoms with Crippen molar-refractivity contribution in [1.82, 2.24) is 9.59 Å². The van der Waals surface area contributed by atoms with Gasteiger partial charge in [0.2, 0.25) is 0 Å². The molecule has 6 heteroatoms. The maximum Gasteiger partial charge on any atom is 0.168 e. The Kier molecular flexibility index (Phi) is 1.91. The lowest BCUT2D eigenvalue weighted by molar-refractivity contribution is 1.16. The first kappa shape index (κ1) is 6.37. The molecular formula is C3H4N4S2. The number of nitrogens with zero attached hydrogens (tertiary/aromatic N) is 2. The van der Waals surface area contributed by atoms with Gasteiger partial charge < -0.3 is 11.1 Å². The van der Waals surface area contributed by atoms with E-state index < -0.39 is 0 Å². The van der Waals surface area contributed by atoms with Crippen LogP contribution in [0.5, 0.6) is 0 Å². The van der Waals surface area contributed by atoms with Crippen molar-refractivity contribution in [2.75, 3.05) is 5.32 Å². The van der Waals surface area contributed by atoms with Gasteiger partial charge in [-0.05, 0) is 12.2 Å². The average Bonchev–Trinajstić information content (AvgIpc) is 2.15. The molecule has 1 rings (SSSR count). The van der Waals surface area contributed by atoms with E-state index in [2.05, 4.69) is 27.1 Å². The van der Waals surface area contributed by atoms with Crippen LogP contribution >= 0.6 is 23.8 Å². The molecule has 0 saturated heterocycles. The third-order valence-corrected chi connectivity index (χ3v) is 1.29. The van der Waals surface area contributed by atoms with Crippen LogP contribution in [0.1, 0.15) is 0 Å². The molecule has 0 aliphatic carbocycles. The number of hydrogen-bond donors (Lipinski definition) is 2. The zero-order chi connectivity index (χ0) is 6.69.